The van der Waals surface area contributed by atoms with E-state index in [4.69, 9.17) is 20.4 Å². The van der Waals surface area contributed by atoms with Gasteiger partial charge in [0.15, 0.2) is 0 Å². The Morgan fingerprint density at radius 2 is 0.857 bits per heavy atom. The highest BCUT2D eigenvalue weighted by Gasteiger charge is 2.07. The van der Waals surface area contributed by atoms with Crippen LogP contribution in [0.1, 0.15) is 12.8 Å². The van der Waals surface area contributed by atoms with E-state index < -0.39 is 15.8 Å². The second-order valence-electron chi connectivity index (χ2n) is 3.06. The van der Waals surface area contributed by atoms with Crippen LogP contribution in [-0.4, -0.2) is 58.1 Å². The average Bonchev–Trinajstić information content (AvgIpc) is 2.24. The largest absolute Gasteiger partial charge is 0.392 e. The molecule has 0 atom stereocenters. The lowest BCUT2D eigenvalue weighted by atomic mass is 10.4. The maximum absolute atomic E-state index is 8.82. The van der Waals surface area contributed by atoms with Gasteiger partial charge >= 0.3 is 0 Å². The zero-order chi connectivity index (χ0) is 10.8. The van der Waals surface area contributed by atoms with Crippen LogP contribution in [0.25, 0.3) is 0 Å². The molecule has 86 valence electrons. The predicted octanol–water partition coefficient (Wildman–Crippen LogP) is 0.530. The van der Waals surface area contributed by atoms with E-state index in [-0.39, 0.29) is 25.4 Å². The molecule has 0 fully saturated rings. The lowest BCUT2D eigenvalue weighted by molar-refractivity contribution is 0.342. The molecule has 0 aromatic rings. The van der Waals surface area contributed by atoms with E-state index in [1.807, 2.05) is 0 Å². The van der Waals surface area contributed by atoms with Crippen molar-refractivity contribution in [2.45, 2.75) is 12.8 Å². The van der Waals surface area contributed by atoms with Gasteiger partial charge in [-0.15, -0.1) is 0 Å². The van der Waals surface area contributed by atoms with Gasteiger partial charge in [0.05, 0.1) is 25.4 Å². The summed E-state index contributed by atoms with van der Waals surface area (Å²) in [5, 5.41) is 35.3. The van der Waals surface area contributed by atoms with Crippen molar-refractivity contribution in [3.63, 3.8) is 0 Å². The van der Waals surface area contributed by atoms with Crippen molar-refractivity contribution >= 4 is 15.8 Å². The zero-order valence-corrected chi connectivity index (χ0v) is 10.1. The molecule has 0 radical (unpaired) electrons. The minimum absolute atomic E-state index is 0.0978. The fourth-order valence-corrected chi connectivity index (χ4v) is 3.13. The lowest BCUT2D eigenvalue weighted by Crippen LogP contribution is -1.97. The highest BCUT2D eigenvalue weighted by molar-refractivity contribution is 7.57. The fourth-order valence-electron chi connectivity index (χ4n) is 1.04. The Morgan fingerprint density at radius 1 is 0.571 bits per heavy atom. The van der Waals surface area contributed by atoms with E-state index in [0.717, 1.165) is 25.2 Å². The molecule has 0 aromatic carbocycles. The maximum atomic E-state index is 8.82. The van der Waals surface area contributed by atoms with Gasteiger partial charge in [0.25, 0.3) is 0 Å². The number of aliphatic hydroxyl groups excluding tert-OH is 4. The molecule has 0 spiro atoms. The quantitative estimate of drug-likeness (QED) is 0.351. The van der Waals surface area contributed by atoms with Crippen LogP contribution in [0, 0.1) is 0 Å². The summed E-state index contributed by atoms with van der Waals surface area (Å²) >= 11 is 0. The van der Waals surface area contributed by atoms with Crippen LogP contribution in [0.5, 0.6) is 0 Å². The van der Waals surface area contributed by atoms with Gasteiger partial charge in [-0.25, -0.2) is 0 Å². The predicted molar refractivity (Wildman–Crippen MR) is 61.2 cm³/mol. The Morgan fingerprint density at radius 3 is 1.07 bits per heavy atom. The number of hydrogen-bond acceptors (Lipinski definition) is 4. The monoisotopic (exact) mass is 242 g/mol. The first-order chi connectivity index (χ1) is 6.78. The van der Waals surface area contributed by atoms with Crippen molar-refractivity contribution in [1.82, 2.24) is 0 Å². The first-order valence-electron chi connectivity index (χ1n) is 4.66. The van der Waals surface area contributed by atoms with Gasteiger partial charge in [-0.1, -0.05) is 15.8 Å². The van der Waals surface area contributed by atoms with Crippen LogP contribution in [0.4, 0.5) is 0 Å². The second kappa shape index (κ2) is 10.2. The molecule has 0 bridgehead atoms. The normalized spacial score (nSPS) is 11.6. The molecule has 6 heteroatoms. The van der Waals surface area contributed by atoms with Crippen molar-refractivity contribution in [3.05, 3.63) is 0 Å². The fraction of sp³-hybridized carbons (Fsp3) is 1.00. The Hall–Kier alpha value is 0.700. The molecule has 14 heavy (non-hydrogen) atoms. The molecule has 0 aliphatic rings. The van der Waals surface area contributed by atoms with Crippen molar-refractivity contribution in [1.29, 1.82) is 0 Å². The zero-order valence-electron chi connectivity index (χ0n) is 8.34. The summed E-state index contributed by atoms with van der Waals surface area (Å²) in [6.07, 6.45) is 4.07. The smallest absolute Gasteiger partial charge is 0.0646 e. The third-order valence-electron chi connectivity index (χ3n) is 2.00. The maximum Gasteiger partial charge on any atom is 0.0646 e. The first-order valence-corrected chi connectivity index (χ1v) is 8.46. The van der Waals surface area contributed by atoms with Gasteiger partial charge in [0, 0.05) is 0 Å². The lowest BCUT2D eigenvalue weighted by Gasteiger charge is -2.13. The van der Waals surface area contributed by atoms with Gasteiger partial charge in [-0.05, 0) is 25.2 Å². The van der Waals surface area contributed by atoms with Gasteiger partial charge in [0.2, 0.25) is 0 Å². The summed E-state index contributed by atoms with van der Waals surface area (Å²) in [6.45, 7) is 0. The van der Waals surface area contributed by atoms with Crippen LogP contribution in [0.3, 0.4) is 0 Å². The summed E-state index contributed by atoms with van der Waals surface area (Å²) in [5.41, 5.74) is 0. The van der Waals surface area contributed by atoms with Crippen molar-refractivity contribution in [2.24, 2.45) is 0 Å². The molecule has 0 saturated carbocycles. The van der Waals surface area contributed by atoms with Crippen LogP contribution in [-0.2, 0) is 0 Å². The molecule has 0 aromatic heterocycles. The second-order valence-corrected chi connectivity index (χ2v) is 7.77. The SMILES string of the molecule is OCP(CO)CCCCP(CO)CO. The van der Waals surface area contributed by atoms with Crippen molar-refractivity contribution < 1.29 is 20.4 Å². The van der Waals surface area contributed by atoms with E-state index in [1.54, 1.807) is 0 Å². The molecule has 0 heterocycles. The van der Waals surface area contributed by atoms with Gasteiger partial charge < -0.3 is 20.4 Å². The summed E-state index contributed by atoms with van der Waals surface area (Å²) < 4.78 is 0. The van der Waals surface area contributed by atoms with Crippen LogP contribution >= 0.6 is 15.8 Å². The Bertz CT molecular complexity index is 104. The molecule has 0 unspecified atom stereocenters. The van der Waals surface area contributed by atoms with Gasteiger partial charge in [0.1, 0.15) is 0 Å². The van der Waals surface area contributed by atoms with Crippen molar-refractivity contribution in [2.75, 3.05) is 37.7 Å². The highest BCUT2D eigenvalue weighted by Crippen LogP contribution is 2.36. The highest BCUT2D eigenvalue weighted by atomic mass is 31.1. The van der Waals surface area contributed by atoms with E-state index >= 15 is 0 Å². The average molecular weight is 242 g/mol. The van der Waals surface area contributed by atoms with E-state index in [0.29, 0.717) is 0 Å². The third-order valence-corrected chi connectivity index (χ3v) is 5.50. The van der Waals surface area contributed by atoms with Gasteiger partial charge in [-0.2, -0.15) is 0 Å². The molecular formula is C8H20O4P2. The van der Waals surface area contributed by atoms with Crippen LogP contribution < -0.4 is 0 Å². The Labute approximate surface area is 87.5 Å². The molecule has 0 aliphatic heterocycles. The van der Waals surface area contributed by atoms with Crippen LogP contribution in [0.15, 0.2) is 0 Å². The van der Waals surface area contributed by atoms with E-state index in [1.165, 1.54) is 0 Å². The number of unbranched alkanes of at least 4 members (excludes halogenated alkanes) is 1. The molecule has 0 saturated heterocycles. The summed E-state index contributed by atoms with van der Waals surface area (Å²) in [7, 11) is -1.20. The summed E-state index contributed by atoms with van der Waals surface area (Å²) in [5.74, 6) is 0. The minimum atomic E-state index is -0.602. The van der Waals surface area contributed by atoms with Gasteiger partial charge in [-0.3, -0.25) is 0 Å². The first kappa shape index (κ1) is 14.7. The summed E-state index contributed by atoms with van der Waals surface area (Å²) in [6, 6.07) is 0. The summed E-state index contributed by atoms with van der Waals surface area (Å²) in [4.78, 5) is 0. The Balaban J connectivity index is 3.35. The Kier molecular flexibility index (Phi) is 10.7. The molecule has 0 aliphatic carbocycles. The van der Waals surface area contributed by atoms with Crippen LogP contribution in [0.2, 0.25) is 0 Å². The number of rotatable bonds is 9. The van der Waals surface area contributed by atoms with Crippen molar-refractivity contribution in [3.8, 4) is 0 Å². The number of aliphatic hydroxyl groups is 4. The standard InChI is InChI=1S/C8H20O4P2/c9-5-13(6-10)3-1-2-4-14(7-11)8-12/h9-12H,1-8H2. The third kappa shape index (κ3) is 7.05. The minimum Gasteiger partial charge on any atom is -0.392 e. The molecule has 4 N–H and O–H groups in total. The number of hydrogen-bond donors (Lipinski definition) is 4. The van der Waals surface area contributed by atoms with E-state index in [9.17, 15) is 0 Å². The molecule has 0 amide bonds. The molecule has 0 rings (SSSR count). The topological polar surface area (TPSA) is 80.9 Å². The molecular weight excluding hydrogens is 222 g/mol. The van der Waals surface area contributed by atoms with E-state index in [2.05, 4.69) is 0 Å². The molecule has 4 nitrogen and oxygen atoms in total.